The van der Waals surface area contributed by atoms with Gasteiger partial charge in [-0.1, -0.05) is 18.2 Å². The first kappa shape index (κ1) is 26.4. The van der Waals surface area contributed by atoms with E-state index in [2.05, 4.69) is 10.3 Å². The average Bonchev–Trinajstić information content (AvgIpc) is 2.81. The van der Waals surface area contributed by atoms with Crippen molar-refractivity contribution in [1.29, 1.82) is 0 Å². The zero-order valence-electron chi connectivity index (χ0n) is 17.7. The number of amides is 1. The van der Waals surface area contributed by atoms with Gasteiger partial charge in [-0.3, -0.25) is 4.79 Å². The summed E-state index contributed by atoms with van der Waals surface area (Å²) in [5.41, 5.74) is -1.71. The lowest BCUT2D eigenvalue weighted by Crippen LogP contribution is -2.20. The lowest BCUT2D eigenvalue weighted by molar-refractivity contribution is -0.138. The molecule has 0 saturated heterocycles. The zero-order chi connectivity index (χ0) is 25.6. The summed E-state index contributed by atoms with van der Waals surface area (Å²) in [4.78, 5) is 16.6. The van der Waals surface area contributed by atoms with E-state index in [1.807, 2.05) is 0 Å². The van der Waals surface area contributed by atoms with Gasteiger partial charge < -0.3 is 15.2 Å². The number of carbonyl (C=O) groups excluding carboxylic acids is 1. The lowest BCUT2D eigenvalue weighted by atomic mass is 10.1. The molecule has 0 radical (unpaired) electrons. The molecule has 0 aliphatic rings. The van der Waals surface area contributed by atoms with E-state index in [0.29, 0.717) is 16.8 Å². The number of halogens is 6. The Morgan fingerprint density at radius 1 is 0.971 bits per heavy atom. The fourth-order valence-corrected chi connectivity index (χ4v) is 3.69. The number of aliphatic hydroxyl groups excluding tert-OH is 1. The Labute approximate surface area is 200 Å². The SMILES string of the molecule is O=C(Nc1ccccc1SCC(O)COc1ccc(C(F)(F)F)cn1)c1cccc(C(F)(F)F)c1. The number of alkyl halides is 6. The molecule has 1 amide bonds. The summed E-state index contributed by atoms with van der Waals surface area (Å²) in [6, 6.07) is 12.4. The Kier molecular flexibility index (Phi) is 8.28. The summed E-state index contributed by atoms with van der Waals surface area (Å²) in [5, 5.41) is 12.7. The van der Waals surface area contributed by atoms with Crippen LogP contribution in [0.3, 0.4) is 0 Å². The van der Waals surface area contributed by atoms with Crippen LogP contribution in [0.2, 0.25) is 0 Å². The van der Waals surface area contributed by atoms with Crippen molar-refractivity contribution in [3.63, 3.8) is 0 Å². The van der Waals surface area contributed by atoms with Crippen LogP contribution >= 0.6 is 11.8 Å². The molecule has 0 fully saturated rings. The summed E-state index contributed by atoms with van der Waals surface area (Å²) in [6.07, 6.45) is -9.51. The topological polar surface area (TPSA) is 71.5 Å². The van der Waals surface area contributed by atoms with E-state index in [1.54, 1.807) is 24.3 Å². The number of anilines is 1. The van der Waals surface area contributed by atoms with Crippen LogP contribution in [-0.2, 0) is 12.4 Å². The molecule has 0 saturated carbocycles. The fraction of sp³-hybridized carbons (Fsp3) is 0.217. The van der Waals surface area contributed by atoms with Crippen molar-refractivity contribution in [2.75, 3.05) is 17.7 Å². The van der Waals surface area contributed by atoms with Crippen LogP contribution in [0.25, 0.3) is 0 Å². The first-order valence-electron chi connectivity index (χ1n) is 9.98. The monoisotopic (exact) mass is 516 g/mol. The molecule has 0 aliphatic carbocycles. The van der Waals surface area contributed by atoms with E-state index in [1.165, 1.54) is 6.07 Å². The number of benzene rings is 2. The Morgan fingerprint density at radius 2 is 1.69 bits per heavy atom. The largest absolute Gasteiger partial charge is 0.475 e. The van der Waals surface area contributed by atoms with Crippen molar-refractivity contribution < 1.29 is 41.0 Å². The highest BCUT2D eigenvalue weighted by Crippen LogP contribution is 2.31. The molecule has 0 bridgehead atoms. The van der Waals surface area contributed by atoms with Crippen molar-refractivity contribution in [3.05, 3.63) is 83.6 Å². The number of nitrogens with one attached hydrogen (secondary N) is 1. The number of hydrogen-bond donors (Lipinski definition) is 2. The molecule has 1 aromatic heterocycles. The molecule has 0 spiro atoms. The minimum atomic E-state index is -4.59. The summed E-state index contributed by atoms with van der Waals surface area (Å²) in [5.74, 6) is -0.728. The van der Waals surface area contributed by atoms with Gasteiger partial charge in [0.05, 0.1) is 22.9 Å². The molecule has 5 nitrogen and oxygen atoms in total. The number of aliphatic hydroxyl groups is 1. The smallest absolute Gasteiger partial charge is 0.417 e. The predicted octanol–water partition coefficient (Wildman–Crippen LogP) is 5.90. The van der Waals surface area contributed by atoms with Crippen molar-refractivity contribution in [3.8, 4) is 5.88 Å². The van der Waals surface area contributed by atoms with Gasteiger partial charge in [0, 0.05) is 28.5 Å². The lowest BCUT2D eigenvalue weighted by Gasteiger charge is -2.15. The van der Waals surface area contributed by atoms with Crippen LogP contribution in [0, 0.1) is 0 Å². The van der Waals surface area contributed by atoms with Crippen LogP contribution in [0.15, 0.2) is 71.8 Å². The van der Waals surface area contributed by atoms with Crippen LogP contribution in [0.1, 0.15) is 21.5 Å². The van der Waals surface area contributed by atoms with Gasteiger partial charge in [-0.2, -0.15) is 26.3 Å². The van der Waals surface area contributed by atoms with Gasteiger partial charge in [-0.15, -0.1) is 11.8 Å². The second-order valence-corrected chi connectivity index (χ2v) is 8.25. The molecular weight excluding hydrogens is 498 g/mol. The molecule has 0 aliphatic heterocycles. The van der Waals surface area contributed by atoms with Gasteiger partial charge in [0.2, 0.25) is 5.88 Å². The van der Waals surface area contributed by atoms with Gasteiger partial charge in [0.1, 0.15) is 6.61 Å². The molecule has 35 heavy (non-hydrogen) atoms. The number of thioether (sulfide) groups is 1. The van der Waals surface area contributed by atoms with Crippen LogP contribution in [0.5, 0.6) is 5.88 Å². The summed E-state index contributed by atoms with van der Waals surface area (Å²) >= 11 is 1.15. The molecule has 2 N–H and O–H groups in total. The fourth-order valence-electron chi connectivity index (χ4n) is 2.78. The highest BCUT2D eigenvalue weighted by molar-refractivity contribution is 7.99. The highest BCUT2D eigenvalue weighted by Gasteiger charge is 2.31. The molecule has 3 aromatic rings. The van der Waals surface area contributed by atoms with Gasteiger partial charge in [0.15, 0.2) is 0 Å². The third kappa shape index (κ3) is 7.62. The molecular formula is C23H18F6N2O3S. The normalized spacial score (nSPS) is 12.8. The number of aromatic nitrogens is 1. The summed E-state index contributed by atoms with van der Waals surface area (Å²) in [7, 11) is 0. The third-order valence-electron chi connectivity index (χ3n) is 4.51. The van der Waals surface area contributed by atoms with E-state index in [-0.39, 0.29) is 23.8 Å². The van der Waals surface area contributed by atoms with Gasteiger partial charge >= 0.3 is 12.4 Å². The Hall–Kier alpha value is -3.25. The standard InChI is InChI=1S/C23H18F6N2O3S/c24-22(25,26)15-5-3-4-14(10-15)21(33)31-18-6-1-2-7-19(18)35-13-17(32)12-34-20-9-8-16(11-30-20)23(27,28)29/h1-11,17,32H,12-13H2,(H,31,33). The molecule has 2 aromatic carbocycles. The van der Waals surface area contributed by atoms with Crippen LogP contribution in [-0.4, -0.2) is 34.5 Å². The molecule has 186 valence electrons. The highest BCUT2D eigenvalue weighted by atomic mass is 32.2. The maximum atomic E-state index is 12.9. The molecule has 3 rings (SSSR count). The number of rotatable bonds is 8. The first-order valence-corrected chi connectivity index (χ1v) is 11.0. The number of ether oxygens (including phenoxy) is 1. The molecule has 1 unspecified atom stereocenters. The Balaban J connectivity index is 1.57. The predicted molar refractivity (Wildman–Crippen MR) is 117 cm³/mol. The van der Waals surface area contributed by atoms with E-state index in [9.17, 15) is 36.2 Å². The number of hydrogen-bond acceptors (Lipinski definition) is 5. The third-order valence-corrected chi connectivity index (χ3v) is 5.72. The number of para-hydroxylation sites is 1. The van der Waals surface area contributed by atoms with Crippen LogP contribution in [0.4, 0.5) is 32.0 Å². The van der Waals surface area contributed by atoms with Crippen LogP contribution < -0.4 is 10.1 Å². The maximum Gasteiger partial charge on any atom is 0.417 e. The zero-order valence-corrected chi connectivity index (χ0v) is 18.5. The van der Waals surface area contributed by atoms with E-state index < -0.39 is 35.5 Å². The Morgan fingerprint density at radius 3 is 2.34 bits per heavy atom. The van der Waals surface area contributed by atoms with E-state index >= 15 is 0 Å². The van der Waals surface area contributed by atoms with Gasteiger partial charge in [-0.05, 0) is 36.4 Å². The van der Waals surface area contributed by atoms with Crippen molar-refractivity contribution >= 4 is 23.4 Å². The number of nitrogens with zero attached hydrogens (tertiary/aromatic N) is 1. The number of pyridine rings is 1. The minimum Gasteiger partial charge on any atom is -0.475 e. The Bertz CT molecular complexity index is 1150. The molecule has 12 heteroatoms. The molecule has 1 heterocycles. The van der Waals surface area contributed by atoms with E-state index in [0.717, 1.165) is 42.1 Å². The minimum absolute atomic E-state index is 0.0872. The maximum absolute atomic E-state index is 12.9. The van der Waals surface area contributed by atoms with E-state index in [4.69, 9.17) is 4.74 Å². The van der Waals surface area contributed by atoms with Crippen molar-refractivity contribution in [2.24, 2.45) is 0 Å². The molecule has 1 atom stereocenters. The number of carbonyl (C=O) groups is 1. The second kappa shape index (κ2) is 11.0. The first-order chi connectivity index (χ1) is 16.4. The van der Waals surface area contributed by atoms with Crippen molar-refractivity contribution in [2.45, 2.75) is 23.4 Å². The summed E-state index contributed by atoms with van der Waals surface area (Å²) < 4.78 is 81.7. The van der Waals surface area contributed by atoms with Gasteiger partial charge in [-0.25, -0.2) is 4.98 Å². The summed E-state index contributed by atoms with van der Waals surface area (Å²) in [6.45, 7) is -0.246. The average molecular weight is 516 g/mol. The second-order valence-electron chi connectivity index (χ2n) is 7.19. The van der Waals surface area contributed by atoms with Crippen molar-refractivity contribution in [1.82, 2.24) is 4.98 Å². The quantitative estimate of drug-likeness (QED) is 0.288. The van der Waals surface area contributed by atoms with Gasteiger partial charge in [0.25, 0.3) is 5.91 Å².